The van der Waals surface area contributed by atoms with Crippen LogP contribution >= 0.6 is 0 Å². The number of nitrogens with one attached hydrogen (secondary N) is 1. The summed E-state index contributed by atoms with van der Waals surface area (Å²) >= 11 is 0. The van der Waals surface area contributed by atoms with Crippen molar-refractivity contribution in [2.75, 3.05) is 112 Å². The van der Waals surface area contributed by atoms with Crippen LogP contribution in [-0.2, 0) is 49.1 Å². The second kappa shape index (κ2) is 27.2. The molecule has 0 radical (unpaired) electrons. The molecule has 0 bridgehead atoms. The van der Waals surface area contributed by atoms with Gasteiger partial charge in [0.1, 0.15) is 22.6 Å². The Balaban J connectivity index is 0.937. The topological polar surface area (TPSA) is 179 Å². The Morgan fingerprint density at radius 3 is 1.60 bits per heavy atom. The average Bonchev–Trinajstić information content (AvgIpc) is 3.60. The van der Waals surface area contributed by atoms with E-state index in [2.05, 4.69) is 20.3 Å². The van der Waals surface area contributed by atoms with Gasteiger partial charge in [0.15, 0.2) is 0 Å². The number of Topliss-reactive ketones (excluding diaryl/α,β-unsaturated/α-hetero) is 1. The lowest BCUT2D eigenvalue weighted by Gasteiger charge is -2.09. The van der Waals surface area contributed by atoms with Crippen molar-refractivity contribution in [3.05, 3.63) is 53.6 Å². The molecule has 0 spiro atoms. The van der Waals surface area contributed by atoms with Gasteiger partial charge in [0.25, 0.3) is 5.91 Å². The summed E-state index contributed by atoms with van der Waals surface area (Å²) in [4.78, 5) is 24.1. The molecular formula is C35H51N3O12. The smallest absolute Gasteiger partial charge is 0.251 e. The van der Waals surface area contributed by atoms with Crippen molar-refractivity contribution in [1.82, 2.24) is 15.6 Å². The molecule has 0 saturated heterocycles. The number of carbonyl (C=O) groups is 2. The molecule has 0 fully saturated rings. The van der Waals surface area contributed by atoms with Gasteiger partial charge in [0.2, 0.25) is 0 Å². The fraction of sp³-hybridized carbons (Fsp3) is 0.600. The molecule has 50 heavy (non-hydrogen) atoms. The normalized spacial score (nSPS) is 11.4. The molecule has 3 rings (SSSR count). The molecule has 0 aliphatic rings. The molecule has 278 valence electrons. The molecule has 1 amide bonds. The van der Waals surface area contributed by atoms with Gasteiger partial charge >= 0.3 is 0 Å². The Labute approximate surface area is 292 Å². The zero-order chi connectivity index (χ0) is 35.3. The summed E-state index contributed by atoms with van der Waals surface area (Å²) in [6, 6.07) is 12.0. The van der Waals surface area contributed by atoms with Crippen LogP contribution in [0.1, 0.15) is 35.2 Å². The molecule has 0 aliphatic carbocycles. The van der Waals surface area contributed by atoms with Crippen molar-refractivity contribution in [2.45, 2.75) is 25.7 Å². The summed E-state index contributed by atoms with van der Waals surface area (Å²) in [6.07, 6.45) is 2.53. The van der Waals surface area contributed by atoms with Gasteiger partial charge in [0.05, 0.1) is 106 Å². The fourth-order valence-corrected chi connectivity index (χ4v) is 4.37. The third-order valence-corrected chi connectivity index (χ3v) is 7.03. The lowest BCUT2D eigenvalue weighted by atomic mass is 10.1. The Kier molecular flexibility index (Phi) is 22.3. The highest BCUT2D eigenvalue weighted by Crippen LogP contribution is 2.13. The van der Waals surface area contributed by atoms with Gasteiger partial charge in [-0.3, -0.25) is 9.59 Å². The van der Waals surface area contributed by atoms with E-state index in [0.29, 0.717) is 142 Å². The number of aryl methyl sites for hydroxylation is 1. The summed E-state index contributed by atoms with van der Waals surface area (Å²) < 4.78 is 48.4. The summed E-state index contributed by atoms with van der Waals surface area (Å²) in [6.45, 7) is 7.56. The molecule has 0 unspecified atom stereocenters. The van der Waals surface area contributed by atoms with E-state index in [9.17, 15) is 14.7 Å². The molecule has 1 heterocycles. The Hall–Kier alpha value is -3.54. The maximum absolute atomic E-state index is 12.2. The van der Waals surface area contributed by atoms with Crippen molar-refractivity contribution in [3.63, 3.8) is 0 Å². The highest BCUT2D eigenvalue weighted by atomic mass is 16.6. The number of aromatic nitrogens is 2. The largest absolute Gasteiger partial charge is 0.508 e. The predicted molar refractivity (Wildman–Crippen MR) is 181 cm³/mol. The molecule has 0 atom stereocenters. The van der Waals surface area contributed by atoms with E-state index in [1.165, 1.54) is 0 Å². The number of phenols is 1. The maximum Gasteiger partial charge on any atom is 0.251 e. The highest BCUT2D eigenvalue weighted by molar-refractivity contribution is 5.97. The van der Waals surface area contributed by atoms with Crippen LogP contribution in [0.3, 0.4) is 0 Å². The number of ketones is 1. The maximum atomic E-state index is 12.2. The first-order chi connectivity index (χ1) is 24.6. The van der Waals surface area contributed by atoms with Crippen LogP contribution in [0.2, 0.25) is 0 Å². The Morgan fingerprint density at radius 1 is 0.580 bits per heavy atom. The number of nitrogens with zero attached hydrogens (tertiary/aromatic N) is 2. The first kappa shape index (κ1) is 40.9. The van der Waals surface area contributed by atoms with Crippen molar-refractivity contribution < 1.29 is 57.2 Å². The molecule has 15 heteroatoms. The van der Waals surface area contributed by atoms with Crippen molar-refractivity contribution in [2.24, 2.45) is 0 Å². The summed E-state index contributed by atoms with van der Waals surface area (Å²) in [7, 11) is 0. The minimum absolute atomic E-state index is 0.189. The standard InChI is InChI=1S/C35H51N3O12/c39-31(3-1-2-29-4-7-32(40)8-5-29)10-12-42-14-16-44-18-20-46-22-24-48-26-27-49-25-23-47-21-19-45-17-15-43-13-11-36-35(41)30-6-9-33-34(28-30)38-50-37-33/h4-9,28,40H,1-3,10-27H2,(H,36,41). The number of ether oxygens (including phenoxy) is 8. The van der Waals surface area contributed by atoms with Gasteiger partial charge in [-0.2, -0.15) is 0 Å². The first-order valence-corrected chi connectivity index (χ1v) is 17.0. The number of fused-ring (bicyclic) bond motifs is 1. The second-order valence-electron chi connectivity index (χ2n) is 10.9. The first-order valence-electron chi connectivity index (χ1n) is 17.0. The van der Waals surface area contributed by atoms with E-state index in [-0.39, 0.29) is 17.4 Å². The van der Waals surface area contributed by atoms with Crippen molar-refractivity contribution in [3.8, 4) is 5.75 Å². The van der Waals surface area contributed by atoms with Crippen LogP contribution < -0.4 is 5.32 Å². The number of phenolic OH excluding ortho intramolecular Hbond substituents is 1. The monoisotopic (exact) mass is 705 g/mol. The number of hydrogen-bond acceptors (Lipinski definition) is 14. The lowest BCUT2D eigenvalue weighted by molar-refractivity contribution is -0.120. The minimum Gasteiger partial charge on any atom is -0.508 e. The third kappa shape index (κ3) is 19.6. The van der Waals surface area contributed by atoms with E-state index in [1.54, 1.807) is 30.3 Å². The zero-order valence-electron chi connectivity index (χ0n) is 28.7. The average molecular weight is 706 g/mol. The molecular weight excluding hydrogens is 654 g/mol. The Morgan fingerprint density at radius 2 is 1.06 bits per heavy atom. The van der Waals surface area contributed by atoms with Crippen LogP contribution in [0.4, 0.5) is 0 Å². The number of amides is 1. The quantitative estimate of drug-likeness (QED) is 0.0906. The van der Waals surface area contributed by atoms with Crippen LogP contribution in [-0.4, -0.2) is 139 Å². The molecule has 0 aliphatic heterocycles. The molecule has 0 saturated carbocycles. The van der Waals surface area contributed by atoms with Crippen LogP contribution in [0, 0.1) is 0 Å². The number of carbonyl (C=O) groups excluding carboxylic acids is 2. The van der Waals surface area contributed by atoms with Gasteiger partial charge < -0.3 is 48.3 Å². The van der Waals surface area contributed by atoms with Crippen molar-refractivity contribution >= 4 is 22.7 Å². The number of benzene rings is 2. The fourth-order valence-electron chi connectivity index (χ4n) is 4.37. The Bertz CT molecular complexity index is 1310. The van der Waals surface area contributed by atoms with E-state index in [1.807, 2.05) is 12.1 Å². The lowest BCUT2D eigenvalue weighted by Crippen LogP contribution is -2.27. The highest BCUT2D eigenvalue weighted by Gasteiger charge is 2.08. The SMILES string of the molecule is O=C(CCCc1ccc(O)cc1)CCOCCOCCOCCOCCOCCOCCOCCOCCNC(=O)c1ccc2nonc2c1. The van der Waals surface area contributed by atoms with E-state index < -0.39 is 0 Å². The number of aromatic hydroxyl groups is 1. The number of hydrogen-bond donors (Lipinski definition) is 2. The van der Waals surface area contributed by atoms with Gasteiger partial charge in [-0.1, -0.05) is 12.1 Å². The third-order valence-electron chi connectivity index (χ3n) is 7.03. The van der Waals surface area contributed by atoms with E-state index >= 15 is 0 Å². The minimum atomic E-state index is -0.218. The van der Waals surface area contributed by atoms with Gasteiger partial charge in [-0.25, -0.2) is 4.63 Å². The van der Waals surface area contributed by atoms with Crippen LogP contribution in [0.5, 0.6) is 5.75 Å². The molecule has 1 aromatic heterocycles. The van der Waals surface area contributed by atoms with Crippen LogP contribution in [0.15, 0.2) is 47.1 Å². The summed E-state index contributed by atoms with van der Waals surface area (Å²) in [5, 5.41) is 19.5. The van der Waals surface area contributed by atoms with E-state index in [0.717, 1.165) is 18.4 Å². The van der Waals surface area contributed by atoms with Crippen molar-refractivity contribution in [1.29, 1.82) is 0 Å². The van der Waals surface area contributed by atoms with E-state index in [4.69, 9.17) is 37.9 Å². The predicted octanol–water partition coefficient (Wildman–Crippen LogP) is 2.77. The zero-order valence-corrected chi connectivity index (χ0v) is 28.7. The van der Waals surface area contributed by atoms with Gasteiger partial charge in [0, 0.05) is 24.9 Å². The molecule has 15 nitrogen and oxygen atoms in total. The molecule has 2 N–H and O–H groups in total. The summed E-state index contributed by atoms with van der Waals surface area (Å²) in [5.41, 5.74) is 2.72. The van der Waals surface area contributed by atoms with Gasteiger partial charge in [-0.15, -0.1) is 0 Å². The summed E-state index contributed by atoms with van der Waals surface area (Å²) in [5.74, 6) is 0.220. The van der Waals surface area contributed by atoms with Gasteiger partial charge in [-0.05, 0) is 59.1 Å². The number of rotatable bonds is 32. The second-order valence-corrected chi connectivity index (χ2v) is 10.9. The molecule has 2 aromatic carbocycles. The molecule has 3 aromatic rings. The van der Waals surface area contributed by atoms with Crippen LogP contribution in [0.25, 0.3) is 11.0 Å².